The topological polar surface area (TPSA) is 188 Å². The van der Waals surface area contributed by atoms with E-state index in [1.165, 1.54) is 41.9 Å². The van der Waals surface area contributed by atoms with Gasteiger partial charge in [-0.1, -0.05) is 24.3 Å². The number of unbranched alkanes of at least 4 members (excludes halogenated alkanes) is 1. The van der Waals surface area contributed by atoms with Crippen molar-refractivity contribution >= 4 is 39.3 Å². The summed E-state index contributed by atoms with van der Waals surface area (Å²) in [4.78, 5) is 37.9. The van der Waals surface area contributed by atoms with Crippen molar-refractivity contribution in [3.05, 3.63) is 71.8 Å². The van der Waals surface area contributed by atoms with Gasteiger partial charge in [-0.2, -0.15) is 0 Å². The molecule has 0 radical (unpaired) electrons. The second kappa shape index (κ2) is 11.6. The first-order chi connectivity index (χ1) is 18.7. The average molecular weight is 534 g/mol. The third-order valence-corrected chi connectivity index (χ3v) is 6.34. The molecular formula is C28H27N3O8. The van der Waals surface area contributed by atoms with Gasteiger partial charge in [0.1, 0.15) is 29.0 Å². The number of nitrogens with one attached hydrogen (secondary N) is 3. The van der Waals surface area contributed by atoms with Crippen LogP contribution < -0.4 is 16.1 Å². The second-order valence-electron chi connectivity index (χ2n) is 8.98. The molecule has 0 saturated heterocycles. The van der Waals surface area contributed by atoms with Gasteiger partial charge in [0, 0.05) is 17.3 Å². The van der Waals surface area contributed by atoms with E-state index >= 15 is 0 Å². The third-order valence-electron chi connectivity index (χ3n) is 6.34. The molecule has 1 atom stereocenters. The summed E-state index contributed by atoms with van der Waals surface area (Å²) in [6.45, 7) is 0.215. The van der Waals surface area contributed by atoms with E-state index in [1.54, 1.807) is 24.3 Å². The Morgan fingerprint density at radius 3 is 1.77 bits per heavy atom. The summed E-state index contributed by atoms with van der Waals surface area (Å²) < 4.78 is 0. The smallest absolute Gasteiger partial charge is 0.265 e. The van der Waals surface area contributed by atoms with Crippen molar-refractivity contribution in [3.8, 4) is 23.0 Å². The fourth-order valence-electron chi connectivity index (χ4n) is 4.44. The highest BCUT2D eigenvalue weighted by Crippen LogP contribution is 2.32. The van der Waals surface area contributed by atoms with Crippen LogP contribution >= 0.6 is 0 Å². The minimum absolute atomic E-state index is 0.0354. The van der Waals surface area contributed by atoms with Crippen LogP contribution in [0.25, 0.3) is 21.5 Å². The highest BCUT2D eigenvalue weighted by atomic mass is 16.5. The first kappa shape index (κ1) is 27.0. The molecule has 0 aromatic heterocycles. The Morgan fingerprint density at radius 2 is 1.23 bits per heavy atom. The van der Waals surface area contributed by atoms with Gasteiger partial charge in [-0.05, 0) is 66.4 Å². The van der Waals surface area contributed by atoms with Crippen LogP contribution in [0.2, 0.25) is 0 Å². The van der Waals surface area contributed by atoms with E-state index in [0.29, 0.717) is 29.0 Å². The maximum absolute atomic E-state index is 13.0. The maximum Gasteiger partial charge on any atom is 0.265 e. The Kier molecular flexibility index (Phi) is 8.01. The molecule has 11 nitrogen and oxygen atoms in total. The Morgan fingerprint density at radius 1 is 0.692 bits per heavy atom. The van der Waals surface area contributed by atoms with Crippen LogP contribution in [0.4, 0.5) is 0 Å². The molecule has 39 heavy (non-hydrogen) atoms. The van der Waals surface area contributed by atoms with E-state index in [4.69, 9.17) is 5.21 Å². The molecule has 11 heteroatoms. The fraction of sp³-hybridized carbons (Fsp3) is 0.179. The zero-order chi connectivity index (χ0) is 28.1. The molecule has 0 spiro atoms. The predicted octanol–water partition coefficient (Wildman–Crippen LogP) is 3.02. The molecule has 0 fully saturated rings. The molecule has 202 valence electrons. The van der Waals surface area contributed by atoms with Crippen LogP contribution in [0.15, 0.2) is 60.7 Å². The molecule has 0 aliphatic rings. The van der Waals surface area contributed by atoms with Crippen molar-refractivity contribution in [2.45, 2.75) is 25.3 Å². The largest absolute Gasteiger partial charge is 0.508 e. The molecule has 0 aliphatic carbocycles. The van der Waals surface area contributed by atoms with Gasteiger partial charge in [0.2, 0.25) is 0 Å². The number of benzene rings is 4. The maximum atomic E-state index is 13.0. The summed E-state index contributed by atoms with van der Waals surface area (Å²) in [6.07, 6.45) is 0.919. The number of amides is 3. The van der Waals surface area contributed by atoms with Crippen molar-refractivity contribution < 1.29 is 40.0 Å². The minimum Gasteiger partial charge on any atom is -0.508 e. The van der Waals surface area contributed by atoms with Crippen molar-refractivity contribution in [1.82, 2.24) is 16.1 Å². The monoisotopic (exact) mass is 533 g/mol. The molecular weight excluding hydrogens is 506 g/mol. The lowest BCUT2D eigenvalue weighted by atomic mass is 10.0. The van der Waals surface area contributed by atoms with E-state index in [2.05, 4.69) is 10.6 Å². The van der Waals surface area contributed by atoms with Crippen LogP contribution in [-0.2, 0) is 4.79 Å². The lowest BCUT2D eigenvalue weighted by Crippen LogP contribution is -2.46. The van der Waals surface area contributed by atoms with Gasteiger partial charge < -0.3 is 31.1 Å². The number of carbonyl (C=O) groups excluding carboxylic acids is 3. The Bertz CT molecular complexity index is 1570. The van der Waals surface area contributed by atoms with Gasteiger partial charge in [-0.3, -0.25) is 19.6 Å². The molecule has 0 bridgehead atoms. The van der Waals surface area contributed by atoms with E-state index in [-0.39, 0.29) is 52.5 Å². The number of hydrogen-bond acceptors (Lipinski definition) is 8. The van der Waals surface area contributed by atoms with Crippen LogP contribution in [0.1, 0.15) is 40.0 Å². The highest BCUT2D eigenvalue weighted by Gasteiger charge is 2.23. The minimum atomic E-state index is -1.12. The SMILES string of the molecule is O=C(NCCCC[C@H](NC(=O)c1cc(O)cc2c(O)cccc12)C(=O)NO)c1cc(O)cc2c(O)cccc12. The molecule has 4 rings (SSSR count). The Balaban J connectivity index is 1.38. The lowest BCUT2D eigenvalue weighted by Gasteiger charge is -2.18. The van der Waals surface area contributed by atoms with Gasteiger partial charge in [-0.15, -0.1) is 0 Å². The summed E-state index contributed by atoms with van der Waals surface area (Å²) in [5.74, 6) is -2.60. The van der Waals surface area contributed by atoms with E-state index in [1.807, 2.05) is 0 Å². The third kappa shape index (κ3) is 5.94. The highest BCUT2D eigenvalue weighted by molar-refractivity contribution is 6.10. The average Bonchev–Trinajstić information content (AvgIpc) is 2.91. The number of rotatable bonds is 9. The first-order valence-corrected chi connectivity index (χ1v) is 12.1. The van der Waals surface area contributed by atoms with Crippen molar-refractivity contribution in [2.75, 3.05) is 6.54 Å². The van der Waals surface area contributed by atoms with Crippen LogP contribution in [0.5, 0.6) is 23.0 Å². The molecule has 4 aromatic carbocycles. The van der Waals surface area contributed by atoms with E-state index in [9.17, 15) is 34.8 Å². The fourth-order valence-corrected chi connectivity index (χ4v) is 4.44. The van der Waals surface area contributed by atoms with Crippen LogP contribution in [0.3, 0.4) is 0 Å². The number of carbonyl (C=O) groups is 3. The summed E-state index contributed by atoms with van der Waals surface area (Å²) >= 11 is 0. The van der Waals surface area contributed by atoms with Crippen LogP contribution in [-0.4, -0.2) is 55.9 Å². The normalized spacial score (nSPS) is 11.7. The van der Waals surface area contributed by atoms with Crippen molar-refractivity contribution in [3.63, 3.8) is 0 Å². The molecule has 0 aliphatic heterocycles. The summed E-state index contributed by atoms with van der Waals surface area (Å²) in [5.41, 5.74) is 1.76. The van der Waals surface area contributed by atoms with Gasteiger partial charge in [0.05, 0.1) is 11.1 Å². The number of phenols is 4. The number of phenolic OH excluding ortho intramolecular Hbond substituents is 4. The first-order valence-electron chi connectivity index (χ1n) is 12.1. The standard InChI is InChI=1S/C28H27N3O8/c32-15-11-19-17(5-3-8-24(19)34)21(13-15)26(36)29-10-2-1-7-23(28(38)31-39)30-27(37)22-14-16(33)12-20-18(22)6-4-9-25(20)35/h3-6,8-9,11-14,23,32-35,39H,1-2,7,10H2,(H,29,36)(H,30,37)(H,31,38)/t23-/m0/s1. The second-order valence-corrected chi connectivity index (χ2v) is 8.98. The summed E-state index contributed by atoms with van der Waals surface area (Å²) in [5, 5.41) is 55.9. The van der Waals surface area contributed by atoms with Gasteiger partial charge in [-0.25, -0.2) is 5.48 Å². The van der Waals surface area contributed by atoms with Crippen LogP contribution in [0, 0.1) is 0 Å². The Labute approximate surface area is 222 Å². The van der Waals surface area contributed by atoms with Crippen molar-refractivity contribution in [2.24, 2.45) is 0 Å². The molecule has 4 aromatic rings. The predicted molar refractivity (Wildman–Crippen MR) is 142 cm³/mol. The Hall–Kier alpha value is -5.03. The molecule has 3 amide bonds. The van der Waals surface area contributed by atoms with E-state index in [0.717, 1.165) is 0 Å². The number of fused-ring (bicyclic) bond motifs is 2. The lowest BCUT2D eigenvalue weighted by molar-refractivity contribution is -0.131. The zero-order valence-electron chi connectivity index (χ0n) is 20.6. The number of aromatic hydroxyl groups is 4. The molecule has 8 N–H and O–H groups in total. The van der Waals surface area contributed by atoms with Gasteiger partial charge in [0.15, 0.2) is 0 Å². The summed E-state index contributed by atoms with van der Waals surface area (Å²) in [6, 6.07) is 13.3. The quantitative estimate of drug-likeness (QED) is 0.0915. The van der Waals surface area contributed by atoms with Gasteiger partial charge >= 0.3 is 0 Å². The van der Waals surface area contributed by atoms with E-state index < -0.39 is 23.8 Å². The zero-order valence-corrected chi connectivity index (χ0v) is 20.6. The number of hydroxylamine groups is 1. The molecule has 0 saturated carbocycles. The molecule has 0 heterocycles. The van der Waals surface area contributed by atoms with Gasteiger partial charge in [0.25, 0.3) is 17.7 Å². The molecule has 0 unspecified atom stereocenters. The van der Waals surface area contributed by atoms with Crippen molar-refractivity contribution in [1.29, 1.82) is 0 Å². The summed E-state index contributed by atoms with van der Waals surface area (Å²) in [7, 11) is 0. The number of hydrogen-bond donors (Lipinski definition) is 8.